The number of nitrogens with one attached hydrogen (secondary N) is 1. The average Bonchev–Trinajstić information content (AvgIpc) is 2.60. The number of anilines is 1. The van der Waals surface area contributed by atoms with Crippen molar-refractivity contribution >= 4 is 34.1 Å². The SMILES string of the molecule is CSc1ccccc1NC(=O)COc1ccc2ccccc2c1. The monoisotopic (exact) mass is 323 g/mol. The highest BCUT2D eigenvalue weighted by molar-refractivity contribution is 7.98. The van der Waals surface area contributed by atoms with E-state index in [2.05, 4.69) is 5.32 Å². The lowest BCUT2D eigenvalue weighted by atomic mass is 10.1. The van der Waals surface area contributed by atoms with Crippen LogP contribution in [0, 0.1) is 0 Å². The van der Waals surface area contributed by atoms with Gasteiger partial charge in [-0.1, -0.05) is 42.5 Å². The van der Waals surface area contributed by atoms with Crippen LogP contribution in [-0.4, -0.2) is 18.8 Å². The van der Waals surface area contributed by atoms with Gasteiger partial charge in [0.05, 0.1) is 5.69 Å². The smallest absolute Gasteiger partial charge is 0.262 e. The van der Waals surface area contributed by atoms with Crippen LogP contribution >= 0.6 is 11.8 Å². The number of carbonyl (C=O) groups is 1. The van der Waals surface area contributed by atoms with E-state index < -0.39 is 0 Å². The van der Waals surface area contributed by atoms with E-state index in [0.717, 1.165) is 21.4 Å². The third-order valence-electron chi connectivity index (χ3n) is 3.47. The number of thioether (sulfide) groups is 1. The fourth-order valence-corrected chi connectivity index (χ4v) is 2.89. The minimum Gasteiger partial charge on any atom is -0.484 e. The number of fused-ring (bicyclic) bond motifs is 1. The molecule has 0 atom stereocenters. The van der Waals surface area contributed by atoms with Crippen LogP contribution in [0.2, 0.25) is 0 Å². The van der Waals surface area contributed by atoms with E-state index in [4.69, 9.17) is 4.74 Å². The number of amides is 1. The van der Waals surface area contributed by atoms with Gasteiger partial charge in [0.1, 0.15) is 5.75 Å². The van der Waals surface area contributed by atoms with E-state index in [1.165, 1.54) is 0 Å². The Morgan fingerprint density at radius 3 is 2.57 bits per heavy atom. The van der Waals surface area contributed by atoms with E-state index in [9.17, 15) is 4.79 Å². The number of benzene rings is 3. The Kier molecular flexibility index (Phi) is 4.83. The van der Waals surface area contributed by atoms with Gasteiger partial charge in [-0.05, 0) is 41.3 Å². The Bertz CT molecular complexity index is 832. The minimum absolute atomic E-state index is 0.0128. The van der Waals surface area contributed by atoms with Gasteiger partial charge in [0.25, 0.3) is 5.91 Å². The first kappa shape index (κ1) is 15.4. The zero-order valence-corrected chi connectivity index (χ0v) is 13.6. The van der Waals surface area contributed by atoms with E-state index >= 15 is 0 Å². The maximum atomic E-state index is 12.1. The molecule has 0 radical (unpaired) electrons. The van der Waals surface area contributed by atoms with E-state index in [0.29, 0.717) is 5.75 Å². The van der Waals surface area contributed by atoms with Crippen molar-refractivity contribution in [3.63, 3.8) is 0 Å². The van der Waals surface area contributed by atoms with Crippen LogP contribution in [0.1, 0.15) is 0 Å². The first-order chi connectivity index (χ1) is 11.3. The van der Waals surface area contributed by atoms with Gasteiger partial charge in [0.15, 0.2) is 6.61 Å². The molecule has 0 unspecified atom stereocenters. The molecule has 0 fully saturated rings. The first-order valence-electron chi connectivity index (χ1n) is 7.31. The van der Waals surface area contributed by atoms with Crippen LogP contribution < -0.4 is 10.1 Å². The molecular weight excluding hydrogens is 306 g/mol. The van der Waals surface area contributed by atoms with Gasteiger partial charge in [-0.2, -0.15) is 0 Å². The molecule has 1 amide bonds. The van der Waals surface area contributed by atoms with E-state index in [-0.39, 0.29) is 12.5 Å². The zero-order valence-electron chi connectivity index (χ0n) is 12.8. The van der Waals surface area contributed by atoms with Crippen LogP contribution in [0.4, 0.5) is 5.69 Å². The Labute approximate surface area is 139 Å². The van der Waals surface area contributed by atoms with Gasteiger partial charge in [0.2, 0.25) is 0 Å². The van der Waals surface area contributed by atoms with Gasteiger partial charge < -0.3 is 10.1 Å². The quantitative estimate of drug-likeness (QED) is 0.699. The number of hydrogen-bond donors (Lipinski definition) is 1. The number of carbonyl (C=O) groups excluding carboxylic acids is 1. The molecule has 116 valence electrons. The summed E-state index contributed by atoms with van der Waals surface area (Å²) in [4.78, 5) is 13.1. The molecule has 0 aliphatic rings. The van der Waals surface area contributed by atoms with Crippen LogP contribution in [0.25, 0.3) is 10.8 Å². The molecule has 1 N–H and O–H groups in total. The number of para-hydroxylation sites is 1. The minimum atomic E-state index is -0.167. The first-order valence-corrected chi connectivity index (χ1v) is 8.53. The lowest BCUT2D eigenvalue weighted by molar-refractivity contribution is -0.118. The summed E-state index contributed by atoms with van der Waals surface area (Å²) in [6.45, 7) is -0.0128. The third kappa shape index (κ3) is 3.85. The summed E-state index contributed by atoms with van der Waals surface area (Å²) in [6.07, 6.45) is 1.98. The molecule has 0 aliphatic carbocycles. The maximum absolute atomic E-state index is 12.1. The van der Waals surface area contributed by atoms with Crippen molar-refractivity contribution in [2.45, 2.75) is 4.90 Å². The molecule has 0 aromatic heterocycles. The average molecular weight is 323 g/mol. The highest BCUT2D eigenvalue weighted by Crippen LogP contribution is 2.24. The van der Waals surface area contributed by atoms with Gasteiger partial charge >= 0.3 is 0 Å². The Morgan fingerprint density at radius 2 is 1.74 bits per heavy atom. The normalized spacial score (nSPS) is 10.5. The largest absolute Gasteiger partial charge is 0.484 e. The van der Waals surface area contributed by atoms with Crippen molar-refractivity contribution in [1.82, 2.24) is 0 Å². The predicted molar refractivity (Wildman–Crippen MR) is 96.3 cm³/mol. The van der Waals surface area contributed by atoms with Crippen LogP contribution in [-0.2, 0) is 4.79 Å². The van der Waals surface area contributed by atoms with Crippen LogP contribution in [0.15, 0.2) is 71.6 Å². The molecule has 0 heterocycles. The molecule has 0 bridgehead atoms. The summed E-state index contributed by atoms with van der Waals surface area (Å²) in [7, 11) is 0. The second kappa shape index (κ2) is 7.20. The second-order valence-corrected chi connectivity index (χ2v) is 5.89. The van der Waals surface area contributed by atoms with Crippen molar-refractivity contribution in [2.24, 2.45) is 0 Å². The predicted octanol–water partition coefficient (Wildman–Crippen LogP) is 4.58. The van der Waals surface area contributed by atoms with Gasteiger partial charge in [0, 0.05) is 4.90 Å². The van der Waals surface area contributed by atoms with Crippen LogP contribution in [0.3, 0.4) is 0 Å². The molecule has 3 aromatic rings. The Hall–Kier alpha value is -2.46. The standard InChI is InChI=1S/C19H17NO2S/c1-23-18-9-5-4-8-17(18)20-19(21)13-22-16-11-10-14-6-2-3-7-15(14)12-16/h2-12H,13H2,1H3,(H,20,21). The van der Waals surface area contributed by atoms with E-state index in [1.807, 2.05) is 73.0 Å². The second-order valence-electron chi connectivity index (χ2n) is 5.05. The molecule has 0 saturated carbocycles. The topological polar surface area (TPSA) is 38.3 Å². The van der Waals surface area contributed by atoms with Crippen molar-refractivity contribution < 1.29 is 9.53 Å². The molecule has 3 rings (SSSR count). The fourth-order valence-electron chi connectivity index (χ4n) is 2.34. The Balaban J connectivity index is 1.63. The summed E-state index contributed by atoms with van der Waals surface area (Å²) in [6, 6.07) is 21.6. The Morgan fingerprint density at radius 1 is 1.00 bits per heavy atom. The summed E-state index contributed by atoms with van der Waals surface area (Å²) < 4.78 is 5.60. The lowest BCUT2D eigenvalue weighted by Crippen LogP contribution is -2.20. The third-order valence-corrected chi connectivity index (χ3v) is 4.27. The van der Waals surface area contributed by atoms with Crippen molar-refractivity contribution in [1.29, 1.82) is 0 Å². The summed E-state index contributed by atoms with van der Waals surface area (Å²) in [5.74, 6) is 0.525. The molecule has 4 heteroatoms. The number of rotatable bonds is 5. The highest BCUT2D eigenvalue weighted by Gasteiger charge is 2.07. The molecule has 0 spiro atoms. The van der Waals surface area contributed by atoms with Crippen LogP contribution in [0.5, 0.6) is 5.75 Å². The van der Waals surface area contributed by atoms with Gasteiger partial charge in [-0.3, -0.25) is 4.79 Å². The molecule has 0 saturated heterocycles. The summed E-state index contributed by atoms with van der Waals surface area (Å²) in [5, 5.41) is 5.13. The fraction of sp³-hybridized carbons (Fsp3) is 0.105. The number of hydrogen-bond acceptors (Lipinski definition) is 3. The lowest BCUT2D eigenvalue weighted by Gasteiger charge is -2.10. The molecule has 3 nitrogen and oxygen atoms in total. The highest BCUT2D eigenvalue weighted by atomic mass is 32.2. The van der Waals surface area contributed by atoms with Gasteiger partial charge in [-0.25, -0.2) is 0 Å². The maximum Gasteiger partial charge on any atom is 0.262 e. The van der Waals surface area contributed by atoms with Crippen molar-refractivity contribution in [3.8, 4) is 5.75 Å². The van der Waals surface area contributed by atoms with Gasteiger partial charge in [-0.15, -0.1) is 11.8 Å². The summed E-state index contributed by atoms with van der Waals surface area (Å²) >= 11 is 1.60. The molecule has 3 aromatic carbocycles. The van der Waals surface area contributed by atoms with E-state index in [1.54, 1.807) is 11.8 Å². The number of ether oxygens (including phenoxy) is 1. The van der Waals surface area contributed by atoms with Crippen molar-refractivity contribution in [3.05, 3.63) is 66.7 Å². The summed E-state index contributed by atoms with van der Waals surface area (Å²) in [5.41, 5.74) is 0.812. The molecule has 23 heavy (non-hydrogen) atoms. The molecular formula is C19H17NO2S. The zero-order chi connectivity index (χ0) is 16.1. The molecule has 0 aliphatic heterocycles. The van der Waals surface area contributed by atoms with Crippen molar-refractivity contribution in [2.75, 3.05) is 18.2 Å².